The van der Waals surface area contributed by atoms with Gasteiger partial charge < -0.3 is 20.5 Å². The van der Waals surface area contributed by atoms with Gasteiger partial charge in [-0.25, -0.2) is 9.18 Å². The van der Waals surface area contributed by atoms with Gasteiger partial charge in [-0.15, -0.1) is 0 Å². The predicted octanol–water partition coefficient (Wildman–Crippen LogP) is 3.11. The van der Waals surface area contributed by atoms with Crippen LogP contribution in [-0.2, 0) is 9.59 Å². The molecule has 2 aromatic rings. The smallest absolute Gasteiger partial charge is 0.319 e. The zero-order valence-electron chi connectivity index (χ0n) is 16.8. The first-order chi connectivity index (χ1) is 15.2. The van der Waals surface area contributed by atoms with Gasteiger partial charge in [0.05, 0.1) is 11.1 Å². The van der Waals surface area contributed by atoms with Crippen molar-refractivity contribution in [2.24, 2.45) is 5.73 Å². The average Bonchev–Trinajstić information content (AvgIpc) is 2.72. The molecule has 32 heavy (non-hydrogen) atoms. The molecule has 0 saturated carbocycles. The standard InChI is InChI=1S/C21H18BrFN4O5/c1-2-31-17-9-12(7-13(10-24)20(29)27-21(25)30)8-16(22)19(17)32-11-18(28)26-15-5-3-14(23)4-6-15/h3-9H,2,11H2,1H3,(H,26,28)(H3,25,27,29,30)/b13-7-. The molecule has 0 aromatic heterocycles. The fraction of sp³-hybridized carbons (Fsp3) is 0.143. The van der Waals surface area contributed by atoms with Crippen molar-refractivity contribution in [1.29, 1.82) is 5.26 Å². The van der Waals surface area contributed by atoms with Crippen LogP contribution >= 0.6 is 15.9 Å². The first-order valence-electron chi connectivity index (χ1n) is 9.10. The Kier molecular flexibility index (Phi) is 8.73. The maximum Gasteiger partial charge on any atom is 0.319 e. The van der Waals surface area contributed by atoms with Gasteiger partial charge in [0, 0.05) is 5.69 Å². The van der Waals surface area contributed by atoms with E-state index in [1.165, 1.54) is 42.5 Å². The van der Waals surface area contributed by atoms with E-state index in [2.05, 4.69) is 21.2 Å². The van der Waals surface area contributed by atoms with Gasteiger partial charge in [0.15, 0.2) is 18.1 Å². The van der Waals surface area contributed by atoms with Crippen LogP contribution in [0.4, 0.5) is 14.9 Å². The van der Waals surface area contributed by atoms with Crippen LogP contribution in [-0.4, -0.2) is 31.1 Å². The van der Waals surface area contributed by atoms with E-state index in [0.717, 1.165) is 0 Å². The maximum absolute atomic E-state index is 13.0. The van der Waals surface area contributed by atoms with Crippen molar-refractivity contribution >= 4 is 45.5 Å². The molecule has 0 spiro atoms. The summed E-state index contributed by atoms with van der Waals surface area (Å²) in [6.45, 7) is 1.64. The monoisotopic (exact) mass is 504 g/mol. The molecule has 0 aliphatic heterocycles. The van der Waals surface area contributed by atoms with Gasteiger partial charge in [0.2, 0.25) is 0 Å². The number of imide groups is 1. The topological polar surface area (TPSA) is 144 Å². The number of nitriles is 1. The molecule has 0 saturated heterocycles. The van der Waals surface area contributed by atoms with Crippen LogP contribution in [0.25, 0.3) is 6.08 Å². The van der Waals surface area contributed by atoms with E-state index in [0.29, 0.717) is 15.7 Å². The Balaban J connectivity index is 2.21. The second-order valence-electron chi connectivity index (χ2n) is 6.09. The van der Waals surface area contributed by atoms with Crippen molar-refractivity contribution in [1.82, 2.24) is 5.32 Å². The number of hydrogen-bond acceptors (Lipinski definition) is 6. The third kappa shape index (κ3) is 7.10. The Hall–Kier alpha value is -3.91. The van der Waals surface area contributed by atoms with Gasteiger partial charge in [-0.3, -0.25) is 14.9 Å². The zero-order valence-corrected chi connectivity index (χ0v) is 18.4. The van der Waals surface area contributed by atoms with Crippen molar-refractivity contribution < 1.29 is 28.2 Å². The molecule has 0 heterocycles. The molecule has 2 rings (SSSR count). The quantitative estimate of drug-likeness (QED) is 0.372. The van der Waals surface area contributed by atoms with E-state index < -0.39 is 23.7 Å². The lowest BCUT2D eigenvalue weighted by molar-refractivity contribution is -0.118. The molecule has 0 atom stereocenters. The molecule has 0 fully saturated rings. The number of hydrogen-bond donors (Lipinski definition) is 3. The zero-order chi connectivity index (χ0) is 23.7. The Bertz CT molecular complexity index is 1100. The SMILES string of the molecule is CCOc1cc(/C=C(/C#N)C(=O)NC(N)=O)cc(Br)c1OCC(=O)Nc1ccc(F)cc1. The van der Waals surface area contributed by atoms with Gasteiger partial charge in [0.1, 0.15) is 17.5 Å². The van der Waals surface area contributed by atoms with Crippen molar-refractivity contribution in [3.05, 3.63) is 57.8 Å². The maximum atomic E-state index is 13.0. The molecule has 166 valence electrons. The summed E-state index contributed by atoms with van der Waals surface area (Å²) in [6.07, 6.45) is 1.23. The van der Waals surface area contributed by atoms with E-state index in [-0.39, 0.29) is 30.3 Å². The molecule has 2 aromatic carbocycles. The van der Waals surface area contributed by atoms with Crippen molar-refractivity contribution in [2.45, 2.75) is 6.92 Å². The second-order valence-corrected chi connectivity index (χ2v) is 6.95. The number of benzene rings is 2. The molecular weight excluding hydrogens is 487 g/mol. The van der Waals surface area contributed by atoms with E-state index in [1.54, 1.807) is 13.0 Å². The highest BCUT2D eigenvalue weighted by molar-refractivity contribution is 9.10. The Morgan fingerprint density at radius 1 is 1.22 bits per heavy atom. The third-order valence-electron chi connectivity index (χ3n) is 3.72. The molecule has 9 nitrogen and oxygen atoms in total. The van der Waals surface area contributed by atoms with Crippen LogP contribution in [0.5, 0.6) is 11.5 Å². The Labute approximate surface area is 191 Å². The van der Waals surface area contributed by atoms with E-state index in [1.807, 2.05) is 5.32 Å². The van der Waals surface area contributed by atoms with Gasteiger partial charge in [-0.05, 0) is 70.9 Å². The van der Waals surface area contributed by atoms with Crippen molar-refractivity contribution in [3.8, 4) is 17.6 Å². The van der Waals surface area contributed by atoms with Gasteiger partial charge in [-0.1, -0.05) is 0 Å². The molecule has 0 aliphatic carbocycles. The van der Waals surface area contributed by atoms with E-state index in [4.69, 9.17) is 15.2 Å². The molecule has 11 heteroatoms. The lowest BCUT2D eigenvalue weighted by Gasteiger charge is -2.15. The molecule has 0 bridgehead atoms. The molecular formula is C21H18BrFN4O5. The van der Waals surface area contributed by atoms with Crippen LogP contribution in [0.1, 0.15) is 12.5 Å². The fourth-order valence-corrected chi connectivity index (χ4v) is 3.01. The summed E-state index contributed by atoms with van der Waals surface area (Å²) in [5.41, 5.74) is 5.34. The number of ether oxygens (including phenoxy) is 2. The number of urea groups is 1. The summed E-state index contributed by atoms with van der Waals surface area (Å²) in [4.78, 5) is 34.9. The van der Waals surface area contributed by atoms with Gasteiger partial charge in [-0.2, -0.15) is 5.26 Å². The van der Waals surface area contributed by atoms with Crippen molar-refractivity contribution in [3.63, 3.8) is 0 Å². The molecule has 0 radical (unpaired) electrons. The highest BCUT2D eigenvalue weighted by atomic mass is 79.9. The molecule has 4 amide bonds. The number of halogens is 2. The highest BCUT2D eigenvalue weighted by Gasteiger charge is 2.16. The van der Waals surface area contributed by atoms with E-state index in [9.17, 15) is 24.0 Å². The number of carbonyl (C=O) groups excluding carboxylic acids is 3. The summed E-state index contributed by atoms with van der Waals surface area (Å²) in [5, 5.41) is 13.6. The minimum atomic E-state index is -1.09. The third-order valence-corrected chi connectivity index (χ3v) is 4.31. The Morgan fingerprint density at radius 2 is 1.91 bits per heavy atom. The normalized spacial score (nSPS) is 10.6. The minimum Gasteiger partial charge on any atom is -0.490 e. The molecule has 4 N–H and O–H groups in total. The number of amides is 4. The number of nitrogens with two attached hydrogens (primary N) is 1. The number of nitrogens with one attached hydrogen (secondary N) is 2. The lowest BCUT2D eigenvalue weighted by atomic mass is 10.1. The number of anilines is 1. The second kappa shape index (κ2) is 11.5. The van der Waals surface area contributed by atoms with Crippen LogP contribution in [0.15, 0.2) is 46.4 Å². The molecule has 0 unspecified atom stereocenters. The Morgan fingerprint density at radius 3 is 2.50 bits per heavy atom. The number of primary amides is 1. The predicted molar refractivity (Wildman–Crippen MR) is 117 cm³/mol. The average molecular weight is 505 g/mol. The first kappa shape index (κ1) is 24.4. The summed E-state index contributed by atoms with van der Waals surface area (Å²) < 4.78 is 24.5. The van der Waals surface area contributed by atoms with Crippen LogP contribution in [0, 0.1) is 17.1 Å². The largest absolute Gasteiger partial charge is 0.490 e. The number of carbonyl (C=O) groups is 3. The van der Waals surface area contributed by atoms with Crippen LogP contribution in [0.3, 0.4) is 0 Å². The van der Waals surface area contributed by atoms with E-state index >= 15 is 0 Å². The summed E-state index contributed by atoms with van der Waals surface area (Å²) in [6, 6.07) is 8.88. The summed E-state index contributed by atoms with van der Waals surface area (Å²) >= 11 is 3.32. The first-order valence-corrected chi connectivity index (χ1v) is 9.90. The van der Waals surface area contributed by atoms with Crippen molar-refractivity contribution in [2.75, 3.05) is 18.5 Å². The lowest BCUT2D eigenvalue weighted by Crippen LogP contribution is -2.35. The van der Waals surface area contributed by atoms with Crippen LogP contribution < -0.4 is 25.8 Å². The van der Waals surface area contributed by atoms with Crippen LogP contribution in [0.2, 0.25) is 0 Å². The summed E-state index contributed by atoms with van der Waals surface area (Å²) in [7, 11) is 0. The minimum absolute atomic E-state index is 0.221. The summed E-state index contributed by atoms with van der Waals surface area (Å²) in [5.74, 6) is -1.39. The number of nitrogens with zero attached hydrogens (tertiary/aromatic N) is 1. The highest BCUT2D eigenvalue weighted by Crippen LogP contribution is 2.37. The fourth-order valence-electron chi connectivity index (χ4n) is 2.44. The van der Waals surface area contributed by atoms with Gasteiger partial charge >= 0.3 is 6.03 Å². The van der Waals surface area contributed by atoms with Gasteiger partial charge in [0.25, 0.3) is 11.8 Å². The molecule has 0 aliphatic rings. The number of rotatable bonds is 8.